The zero-order chi connectivity index (χ0) is 15.0. The van der Waals surface area contributed by atoms with Crippen LogP contribution < -0.4 is 10.6 Å². The topological polar surface area (TPSA) is 49.4 Å². The summed E-state index contributed by atoms with van der Waals surface area (Å²) < 4.78 is 5.85. The summed E-state index contributed by atoms with van der Waals surface area (Å²) in [6.45, 7) is 7.17. The normalized spacial score (nSPS) is 26.9. The molecular formula is C17H28N4O. The number of hydrogen-bond acceptors (Lipinski definition) is 5. The molecule has 0 aromatic carbocycles. The largest absolute Gasteiger partial charge is 0.375 e. The fourth-order valence-electron chi connectivity index (χ4n) is 3.36. The van der Waals surface area contributed by atoms with Crippen LogP contribution in [0.4, 0.5) is 0 Å². The summed E-state index contributed by atoms with van der Waals surface area (Å²) >= 11 is 0. The van der Waals surface area contributed by atoms with Crippen molar-refractivity contribution in [2.45, 2.75) is 38.0 Å². The lowest BCUT2D eigenvalue weighted by molar-refractivity contribution is 0.0832. The van der Waals surface area contributed by atoms with E-state index in [2.05, 4.69) is 20.5 Å². The molecule has 0 radical (unpaired) electrons. The van der Waals surface area contributed by atoms with Gasteiger partial charge in [-0.05, 0) is 43.6 Å². The quantitative estimate of drug-likeness (QED) is 0.821. The van der Waals surface area contributed by atoms with Crippen LogP contribution in [0.5, 0.6) is 0 Å². The Morgan fingerprint density at radius 2 is 1.86 bits per heavy atom. The molecule has 3 heterocycles. The molecule has 1 aromatic heterocycles. The molecule has 2 aliphatic heterocycles. The van der Waals surface area contributed by atoms with Crippen molar-refractivity contribution < 1.29 is 4.74 Å². The van der Waals surface area contributed by atoms with Gasteiger partial charge in [-0.15, -0.1) is 0 Å². The van der Waals surface area contributed by atoms with Crippen LogP contribution in [-0.2, 0) is 11.3 Å². The lowest BCUT2D eigenvalue weighted by Crippen LogP contribution is -2.60. The lowest BCUT2D eigenvalue weighted by Gasteiger charge is -2.36. The van der Waals surface area contributed by atoms with Gasteiger partial charge in [0.1, 0.15) is 0 Å². The second kappa shape index (κ2) is 8.58. The van der Waals surface area contributed by atoms with Gasteiger partial charge >= 0.3 is 0 Å². The predicted octanol–water partition coefficient (Wildman–Crippen LogP) is 1.01. The highest BCUT2D eigenvalue weighted by atomic mass is 16.5. The molecule has 1 aromatic rings. The molecule has 22 heavy (non-hydrogen) atoms. The van der Waals surface area contributed by atoms with Crippen LogP contribution in [-0.4, -0.2) is 61.3 Å². The predicted molar refractivity (Wildman–Crippen MR) is 87.8 cm³/mol. The Kier molecular flexibility index (Phi) is 6.19. The van der Waals surface area contributed by atoms with Crippen molar-refractivity contribution in [2.75, 3.05) is 39.3 Å². The summed E-state index contributed by atoms with van der Waals surface area (Å²) in [6, 6.07) is 4.96. The van der Waals surface area contributed by atoms with Crippen molar-refractivity contribution in [3.63, 3.8) is 0 Å². The van der Waals surface area contributed by atoms with E-state index in [0.717, 1.165) is 26.2 Å². The smallest absolute Gasteiger partial charge is 0.0718 e. The van der Waals surface area contributed by atoms with Gasteiger partial charge in [0.05, 0.1) is 13.2 Å². The molecule has 0 bridgehead atoms. The van der Waals surface area contributed by atoms with Crippen molar-refractivity contribution in [1.82, 2.24) is 20.5 Å². The number of piperazine rings is 1. The molecule has 122 valence electrons. The molecule has 2 fully saturated rings. The number of ether oxygens (including phenoxy) is 1. The standard InChI is InChI=1S/C17H28N4O/c1-2-8-21(9-3-1)12-16-10-19-11-17(20-16)14-22-13-15-4-6-18-7-5-15/h4-7,16-17,19-20H,1-3,8-14H2/t16-,17-/m0/s1. The Balaban J connectivity index is 1.37. The molecule has 5 heteroatoms. The van der Waals surface area contributed by atoms with E-state index in [1.54, 1.807) is 0 Å². The van der Waals surface area contributed by atoms with Crippen LogP contribution in [0.1, 0.15) is 24.8 Å². The maximum atomic E-state index is 5.85. The van der Waals surface area contributed by atoms with Gasteiger partial charge in [-0.1, -0.05) is 6.42 Å². The van der Waals surface area contributed by atoms with Gasteiger partial charge in [0.15, 0.2) is 0 Å². The Bertz CT molecular complexity index is 422. The first-order chi connectivity index (χ1) is 10.9. The van der Waals surface area contributed by atoms with E-state index in [1.807, 2.05) is 24.5 Å². The van der Waals surface area contributed by atoms with Crippen LogP contribution in [0, 0.1) is 0 Å². The van der Waals surface area contributed by atoms with Gasteiger partial charge in [-0.2, -0.15) is 0 Å². The molecule has 2 saturated heterocycles. The molecule has 3 rings (SSSR count). The van der Waals surface area contributed by atoms with E-state index in [4.69, 9.17) is 4.74 Å². The first-order valence-corrected chi connectivity index (χ1v) is 8.56. The van der Waals surface area contributed by atoms with Gasteiger partial charge in [0.2, 0.25) is 0 Å². The van der Waals surface area contributed by atoms with E-state index < -0.39 is 0 Å². The number of nitrogens with one attached hydrogen (secondary N) is 2. The molecule has 0 amide bonds. The molecule has 5 nitrogen and oxygen atoms in total. The van der Waals surface area contributed by atoms with Gasteiger partial charge in [-0.3, -0.25) is 4.98 Å². The Hall–Kier alpha value is -1.01. The highest BCUT2D eigenvalue weighted by Gasteiger charge is 2.23. The first kappa shape index (κ1) is 15.9. The van der Waals surface area contributed by atoms with Crippen LogP contribution in [0.3, 0.4) is 0 Å². The summed E-state index contributed by atoms with van der Waals surface area (Å²) in [5, 5.41) is 7.29. The third kappa shape index (κ3) is 5.02. The molecule has 0 aliphatic carbocycles. The molecule has 0 spiro atoms. The van der Waals surface area contributed by atoms with E-state index in [0.29, 0.717) is 18.7 Å². The fraction of sp³-hybridized carbons (Fsp3) is 0.706. The monoisotopic (exact) mass is 304 g/mol. The molecule has 2 aliphatic rings. The summed E-state index contributed by atoms with van der Waals surface area (Å²) in [4.78, 5) is 6.63. The lowest BCUT2D eigenvalue weighted by atomic mass is 10.1. The molecule has 2 N–H and O–H groups in total. The van der Waals surface area contributed by atoms with Crippen LogP contribution >= 0.6 is 0 Å². The van der Waals surface area contributed by atoms with E-state index >= 15 is 0 Å². The van der Waals surface area contributed by atoms with Crippen molar-refractivity contribution in [2.24, 2.45) is 0 Å². The van der Waals surface area contributed by atoms with E-state index in [9.17, 15) is 0 Å². The number of nitrogens with zero attached hydrogens (tertiary/aromatic N) is 2. The van der Waals surface area contributed by atoms with Gasteiger partial charge in [0, 0.05) is 44.1 Å². The second-order valence-electron chi connectivity index (χ2n) is 6.45. The SMILES string of the molecule is c1cc(COC[C@@H]2CNC[C@@H](CN3CCCCC3)N2)ccn1. The summed E-state index contributed by atoms with van der Waals surface area (Å²) in [6.07, 6.45) is 7.75. The first-order valence-electron chi connectivity index (χ1n) is 8.56. The minimum absolute atomic E-state index is 0.408. The van der Waals surface area contributed by atoms with Crippen molar-refractivity contribution in [3.05, 3.63) is 30.1 Å². The average molecular weight is 304 g/mol. The summed E-state index contributed by atoms with van der Waals surface area (Å²) in [5.41, 5.74) is 1.18. The van der Waals surface area contributed by atoms with Crippen molar-refractivity contribution in [3.8, 4) is 0 Å². The van der Waals surface area contributed by atoms with Crippen LogP contribution in [0.15, 0.2) is 24.5 Å². The third-order valence-corrected chi connectivity index (χ3v) is 4.52. The minimum Gasteiger partial charge on any atom is -0.375 e. The second-order valence-corrected chi connectivity index (χ2v) is 6.45. The van der Waals surface area contributed by atoms with Crippen LogP contribution in [0.25, 0.3) is 0 Å². The number of aromatic nitrogens is 1. The molecule has 2 atom stereocenters. The van der Waals surface area contributed by atoms with Crippen molar-refractivity contribution >= 4 is 0 Å². The van der Waals surface area contributed by atoms with Gasteiger partial charge in [-0.25, -0.2) is 0 Å². The molecule has 0 saturated carbocycles. The maximum Gasteiger partial charge on any atom is 0.0718 e. The number of hydrogen-bond donors (Lipinski definition) is 2. The zero-order valence-corrected chi connectivity index (χ0v) is 13.3. The Labute approximate surface area is 133 Å². The average Bonchev–Trinajstić information content (AvgIpc) is 2.57. The van der Waals surface area contributed by atoms with Gasteiger partial charge in [0.25, 0.3) is 0 Å². The minimum atomic E-state index is 0.408. The van der Waals surface area contributed by atoms with E-state index in [-0.39, 0.29) is 0 Å². The highest BCUT2D eigenvalue weighted by Crippen LogP contribution is 2.10. The maximum absolute atomic E-state index is 5.85. The Morgan fingerprint density at radius 1 is 1.09 bits per heavy atom. The number of pyridine rings is 1. The van der Waals surface area contributed by atoms with Gasteiger partial charge < -0.3 is 20.3 Å². The van der Waals surface area contributed by atoms with E-state index in [1.165, 1.54) is 37.9 Å². The molecule has 0 unspecified atom stereocenters. The fourth-order valence-corrected chi connectivity index (χ4v) is 3.36. The summed E-state index contributed by atoms with van der Waals surface area (Å²) in [5.74, 6) is 0. The molecular weight excluding hydrogens is 276 g/mol. The number of likely N-dealkylation sites (tertiary alicyclic amines) is 1. The number of piperidine rings is 1. The van der Waals surface area contributed by atoms with Crippen LogP contribution in [0.2, 0.25) is 0 Å². The highest BCUT2D eigenvalue weighted by molar-refractivity contribution is 5.07. The third-order valence-electron chi connectivity index (χ3n) is 4.52. The Morgan fingerprint density at radius 3 is 2.68 bits per heavy atom. The van der Waals surface area contributed by atoms with Crippen molar-refractivity contribution in [1.29, 1.82) is 0 Å². The number of rotatable bonds is 6. The summed E-state index contributed by atoms with van der Waals surface area (Å²) in [7, 11) is 0. The zero-order valence-electron chi connectivity index (χ0n) is 13.3.